The van der Waals surface area contributed by atoms with Gasteiger partial charge in [-0.2, -0.15) is 13.2 Å². The number of fused-ring (bicyclic) bond motifs is 5. The molecular formula is C26H31F3N2O3. The molecule has 1 aromatic rings. The summed E-state index contributed by atoms with van der Waals surface area (Å²) >= 11 is 0. The summed E-state index contributed by atoms with van der Waals surface area (Å²) in [5.74, 6) is 0.759. The Hall–Kier alpha value is -2.38. The zero-order chi connectivity index (χ0) is 24.5. The van der Waals surface area contributed by atoms with Gasteiger partial charge < -0.3 is 9.30 Å². The van der Waals surface area contributed by atoms with Gasteiger partial charge in [0.2, 0.25) is 0 Å². The van der Waals surface area contributed by atoms with E-state index in [9.17, 15) is 22.8 Å². The van der Waals surface area contributed by atoms with E-state index >= 15 is 0 Å². The van der Waals surface area contributed by atoms with Crippen LogP contribution in [-0.4, -0.2) is 27.9 Å². The molecule has 2 saturated carbocycles. The van der Waals surface area contributed by atoms with Gasteiger partial charge in [0, 0.05) is 36.2 Å². The molecule has 8 heteroatoms. The Labute approximate surface area is 197 Å². The van der Waals surface area contributed by atoms with E-state index in [1.54, 1.807) is 0 Å². The molecule has 3 unspecified atom stereocenters. The van der Waals surface area contributed by atoms with Crippen molar-refractivity contribution in [2.45, 2.75) is 78.0 Å². The van der Waals surface area contributed by atoms with Crippen LogP contribution >= 0.6 is 0 Å². The molecule has 4 aliphatic rings. The van der Waals surface area contributed by atoms with Gasteiger partial charge in [-0.05, 0) is 61.7 Å². The van der Waals surface area contributed by atoms with E-state index in [4.69, 9.17) is 4.74 Å². The summed E-state index contributed by atoms with van der Waals surface area (Å²) in [7, 11) is 0. The molecule has 0 bridgehead atoms. The Bertz CT molecular complexity index is 1090. The maximum absolute atomic E-state index is 13.2. The Balaban J connectivity index is 1.45. The van der Waals surface area contributed by atoms with Gasteiger partial charge in [0.25, 0.3) is 0 Å². The number of aromatic nitrogens is 2. The van der Waals surface area contributed by atoms with Crippen molar-refractivity contribution >= 4 is 18.0 Å². The fourth-order valence-corrected chi connectivity index (χ4v) is 7.81. The van der Waals surface area contributed by atoms with Crippen molar-refractivity contribution in [3.05, 3.63) is 35.4 Å². The number of nitrogens with zero attached hydrogens (tertiary/aromatic N) is 2. The van der Waals surface area contributed by atoms with Crippen molar-refractivity contribution < 1.29 is 27.5 Å². The number of imidazole rings is 1. The molecule has 1 heterocycles. The average Bonchev–Trinajstić information content (AvgIpc) is 3.35. The van der Waals surface area contributed by atoms with E-state index in [1.807, 2.05) is 0 Å². The molecule has 2 fully saturated rings. The largest absolute Gasteiger partial charge is 0.462 e. The first-order chi connectivity index (χ1) is 16.0. The SMILES string of the molecule is CC(=O)O[C@H]1CC[C@@]2(C)C(=CCC3C2CC[C@]2(C)C(n4cnc(C(F)(F)F)c4)=C(C=O)CC32)C1. The number of alkyl halides is 3. The van der Waals surface area contributed by atoms with E-state index in [0.29, 0.717) is 29.5 Å². The third-order valence-electron chi connectivity index (χ3n) is 9.34. The summed E-state index contributed by atoms with van der Waals surface area (Å²) in [6.07, 6.45) is 6.63. The Kier molecular flexibility index (Phi) is 5.37. The number of aldehydes is 1. The van der Waals surface area contributed by atoms with Crippen LogP contribution < -0.4 is 0 Å². The average molecular weight is 477 g/mol. The van der Waals surface area contributed by atoms with Crippen LogP contribution in [0.1, 0.15) is 71.4 Å². The van der Waals surface area contributed by atoms with Crippen molar-refractivity contribution in [1.29, 1.82) is 0 Å². The minimum atomic E-state index is -4.52. The molecule has 34 heavy (non-hydrogen) atoms. The van der Waals surface area contributed by atoms with Crippen LogP contribution in [-0.2, 0) is 20.5 Å². The third kappa shape index (κ3) is 3.47. The first kappa shape index (κ1) is 23.4. The summed E-state index contributed by atoms with van der Waals surface area (Å²) in [5, 5.41) is 0. The van der Waals surface area contributed by atoms with Crippen LogP contribution in [0.25, 0.3) is 5.70 Å². The number of esters is 1. The number of hydrogen-bond donors (Lipinski definition) is 0. The number of hydrogen-bond acceptors (Lipinski definition) is 4. The summed E-state index contributed by atoms with van der Waals surface area (Å²) in [4.78, 5) is 27.1. The Morgan fingerprint density at radius 1 is 1.18 bits per heavy atom. The number of ether oxygens (including phenoxy) is 1. The molecule has 0 N–H and O–H groups in total. The second-order valence-electron chi connectivity index (χ2n) is 11.0. The van der Waals surface area contributed by atoms with Gasteiger partial charge in [-0.1, -0.05) is 25.5 Å². The van der Waals surface area contributed by atoms with E-state index in [-0.39, 0.29) is 28.8 Å². The smallest absolute Gasteiger partial charge is 0.434 e. The van der Waals surface area contributed by atoms with E-state index < -0.39 is 11.9 Å². The van der Waals surface area contributed by atoms with Crippen molar-refractivity contribution in [2.75, 3.05) is 0 Å². The van der Waals surface area contributed by atoms with Gasteiger partial charge in [0.15, 0.2) is 5.69 Å². The first-order valence-electron chi connectivity index (χ1n) is 12.1. The number of allylic oxidation sites excluding steroid dienone is 3. The maximum atomic E-state index is 13.2. The minimum Gasteiger partial charge on any atom is -0.462 e. The topological polar surface area (TPSA) is 61.2 Å². The molecular weight excluding hydrogens is 445 g/mol. The highest BCUT2D eigenvalue weighted by molar-refractivity contribution is 5.86. The summed E-state index contributed by atoms with van der Waals surface area (Å²) in [6, 6.07) is 0. The normalized spacial score (nSPS) is 37.4. The van der Waals surface area contributed by atoms with Gasteiger partial charge >= 0.3 is 12.1 Å². The molecule has 6 atom stereocenters. The zero-order valence-corrected chi connectivity index (χ0v) is 19.8. The Morgan fingerprint density at radius 3 is 2.56 bits per heavy atom. The Morgan fingerprint density at radius 2 is 1.91 bits per heavy atom. The molecule has 0 aromatic carbocycles. The monoisotopic (exact) mass is 476 g/mol. The van der Waals surface area contributed by atoms with Crippen LogP contribution in [0.15, 0.2) is 29.7 Å². The minimum absolute atomic E-state index is 0.0312. The van der Waals surface area contributed by atoms with Gasteiger partial charge in [-0.15, -0.1) is 0 Å². The molecule has 0 radical (unpaired) electrons. The first-order valence-corrected chi connectivity index (χ1v) is 12.1. The van der Waals surface area contributed by atoms with Crippen LogP contribution in [0.5, 0.6) is 0 Å². The fraction of sp³-hybridized carbons (Fsp3) is 0.654. The molecule has 0 saturated heterocycles. The second-order valence-corrected chi connectivity index (χ2v) is 11.0. The standard InChI is InChI=1S/C26H31F3N2O3/c1-15(33)34-18-6-8-24(2)17(11-18)4-5-19-20(24)7-9-25(3)21(19)10-16(13-32)23(25)31-12-22(30-14-31)26(27,28)29/h4,12-14,18-21H,5-11H2,1-3H3/t18-,19?,20?,21?,24-,25-/m0/s1. The predicted molar refractivity (Wildman–Crippen MR) is 119 cm³/mol. The molecule has 5 rings (SSSR count). The van der Waals surface area contributed by atoms with Crippen LogP contribution in [0.2, 0.25) is 0 Å². The lowest BCUT2D eigenvalue weighted by molar-refractivity contribution is -0.148. The quantitative estimate of drug-likeness (QED) is 0.314. The van der Waals surface area contributed by atoms with Crippen molar-refractivity contribution in [1.82, 2.24) is 9.55 Å². The number of rotatable bonds is 3. The highest BCUT2D eigenvalue weighted by Gasteiger charge is 2.58. The van der Waals surface area contributed by atoms with Gasteiger partial charge in [-0.3, -0.25) is 9.59 Å². The molecule has 0 amide bonds. The zero-order valence-electron chi connectivity index (χ0n) is 19.8. The van der Waals surface area contributed by atoms with E-state index in [1.165, 1.54) is 23.4 Å². The van der Waals surface area contributed by atoms with Crippen LogP contribution in [0.4, 0.5) is 13.2 Å². The van der Waals surface area contributed by atoms with Gasteiger partial charge in [0.05, 0.1) is 6.33 Å². The maximum Gasteiger partial charge on any atom is 0.434 e. The van der Waals surface area contributed by atoms with Crippen LogP contribution in [0.3, 0.4) is 0 Å². The highest BCUT2D eigenvalue weighted by atomic mass is 19.4. The molecule has 0 aliphatic heterocycles. The molecule has 0 spiro atoms. The lowest BCUT2D eigenvalue weighted by Gasteiger charge is -2.57. The number of halogens is 3. The molecule has 5 nitrogen and oxygen atoms in total. The molecule has 184 valence electrons. The summed E-state index contributed by atoms with van der Waals surface area (Å²) < 4.78 is 46.6. The van der Waals surface area contributed by atoms with E-state index in [0.717, 1.165) is 51.0 Å². The highest BCUT2D eigenvalue weighted by Crippen LogP contribution is 2.66. The predicted octanol–water partition coefficient (Wildman–Crippen LogP) is 5.82. The number of carbonyl (C=O) groups is 2. The van der Waals surface area contributed by atoms with Crippen molar-refractivity contribution in [3.63, 3.8) is 0 Å². The third-order valence-corrected chi connectivity index (χ3v) is 9.34. The van der Waals surface area contributed by atoms with Gasteiger partial charge in [0.1, 0.15) is 12.4 Å². The van der Waals surface area contributed by atoms with Crippen molar-refractivity contribution in [3.8, 4) is 0 Å². The van der Waals surface area contributed by atoms with Gasteiger partial charge in [-0.25, -0.2) is 4.98 Å². The van der Waals surface area contributed by atoms with Crippen LogP contribution in [0, 0.1) is 28.6 Å². The second kappa shape index (κ2) is 7.82. The summed E-state index contributed by atoms with van der Waals surface area (Å²) in [6.45, 7) is 5.90. The van der Waals surface area contributed by atoms with E-state index in [2.05, 4.69) is 24.9 Å². The molecule has 1 aromatic heterocycles. The lowest BCUT2D eigenvalue weighted by Crippen LogP contribution is -2.50. The fourth-order valence-electron chi connectivity index (χ4n) is 7.81. The lowest BCUT2D eigenvalue weighted by atomic mass is 9.47. The summed E-state index contributed by atoms with van der Waals surface area (Å²) in [5.41, 5.74) is 1.38. The number of carbonyl (C=O) groups excluding carboxylic acids is 2. The van der Waals surface area contributed by atoms with Crippen molar-refractivity contribution in [2.24, 2.45) is 28.6 Å². The molecule has 4 aliphatic carbocycles.